The molecule has 0 spiro atoms. The summed E-state index contributed by atoms with van der Waals surface area (Å²) in [5.74, 6) is -0.811. The fraction of sp³-hybridized carbons (Fsp3) is 0.412. The minimum atomic E-state index is -1.86. The average Bonchev–Trinajstić information content (AvgIpc) is 3.07. The number of rotatable bonds is 5. The number of thiocarbonyl (C=S) groups is 1. The van der Waals surface area contributed by atoms with E-state index in [1.54, 1.807) is 30.3 Å². The number of alkyl halides is 3. The summed E-state index contributed by atoms with van der Waals surface area (Å²) < 4.78 is -1.76. The topological polar surface area (TPSA) is 53.2 Å². The van der Waals surface area contributed by atoms with E-state index >= 15 is 0 Å². The lowest BCUT2D eigenvalue weighted by atomic mass is 10.1. The van der Waals surface area contributed by atoms with Gasteiger partial charge < -0.3 is 16.0 Å². The van der Waals surface area contributed by atoms with E-state index in [2.05, 4.69) is 16.0 Å². The van der Waals surface area contributed by atoms with Crippen molar-refractivity contribution in [3.8, 4) is 0 Å². The SMILES string of the molecule is CC1(C)[C@H](C=C(Cl)Cl)[C@H]1C(=O)N[C@H](NC(=S)Nc1ccccc1Cl)C(Cl)(Cl)Cl. The van der Waals surface area contributed by atoms with E-state index in [0.717, 1.165) is 0 Å². The van der Waals surface area contributed by atoms with Crippen LogP contribution in [-0.4, -0.2) is 21.0 Å². The first-order valence-corrected chi connectivity index (χ1v) is 10.7. The van der Waals surface area contributed by atoms with Crippen molar-refractivity contribution < 1.29 is 4.79 Å². The summed E-state index contributed by atoms with van der Waals surface area (Å²) in [4.78, 5) is 12.7. The standard InChI is InChI=1S/C17H17Cl6N3OS/c1-16(2)8(7-11(19)20)12(16)13(27)25-14(17(21,22)23)26-15(28)24-10-6-4-3-5-9(10)18/h3-8,12,14H,1-2H3,(H,25,27)(H2,24,26,28)/t8-,12+,14-/m1/s1. The molecule has 0 radical (unpaired) electrons. The van der Waals surface area contributed by atoms with Gasteiger partial charge in [-0.15, -0.1) is 0 Å². The Bertz CT molecular complexity index is 791. The summed E-state index contributed by atoms with van der Waals surface area (Å²) in [6, 6.07) is 7.00. The third kappa shape index (κ3) is 6.18. The largest absolute Gasteiger partial charge is 0.339 e. The maximum atomic E-state index is 12.7. The van der Waals surface area contributed by atoms with Crippen LogP contribution in [0.25, 0.3) is 0 Å². The van der Waals surface area contributed by atoms with Crippen molar-refractivity contribution in [3.05, 3.63) is 39.9 Å². The Morgan fingerprint density at radius 1 is 1.21 bits per heavy atom. The molecule has 0 saturated heterocycles. The number of carbonyl (C=O) groups is 1. The van der Waals surface area contributed by atoms with Crippen molar-refractivity contribution >= 4 is 98.5 Å². The second-order valence-electron chi connectivity index (χ2n) is 6.84. The minimum Gasteiger partial charge on any atom is -0.339 e. The minimum absolute atomic E-state index is 0.106. The highest BCUT2D eigenvalue weighted by atomic mass is 35.6. The highest BCUT2D eigenvalue weighted by molar-refractivity contribution is 7.80. The lowest BCUT2D eigenvalue weighted by Gasteiger charge is -2.28. The molecule has 0 heterocycles. The van der Waals surface area contributed by atoms with Crippen LogP contribution < -0.4 is 16.0 Å². The van der Waals surface area contributed by atoms with Crippen molar-refractivity contribution in [2.75, 3.05) is 5.32 Å². The van der Waals surface area contributed by atoms with E-state index in [0.29, 0.717) is 10.7 Å². The van der Waals surface area contributed by atoms with Gasteiger partial charge >= 0.3 is 0 Å². The Labute approximate surface area is 199 Å². The Morgan fingerprint density at radius 2 is 1.82 bits per heavy atom. The fourth-order valence-corrected chi connectivity index (χ4v) is 3.92. The smallest absolute Gasteiger partial charge is 0.228 e. The molecule has 1 aliphatic carbocycles. The average molecular weight is 524 g/mol. The number of carbonyl (C=O) groups excluding carboxylic acids is 1. The van der Waals surface area contributed by atoms with Crippen LogP contribution in [0.1, 0.15) is 13.8 Å². The second kappa shape index (κ2) is 9.34. The molecular weight excluding hydrogens is 507 g/mol. The van der Waals surface area contributed by atoms with Gasteiger partial charge in [-0.1, -0.05) is 95.6 Å². The molecule has 0 aromatic heterocycles. The molecule has 3 N–H and O–H groups in total. The molecule has 1 fully saturated rings. The number of nitrogens with one attached hydrogen (secondary N) is 3. The molecule has 154 valence electrons. The number of hydrogen-bond acceptors (Lipinski definition) is 2. The van der Waals surface area contributed by atoms with Crippen LogP contribution in [0.5, 0.6) is 0 Å². The zero-order valence-corrected chi connectivity index (χ0v) is 20.1. The van der Waals surface area contributed by atoms with Crippen molar-refractivity contribution in [2.24, 2.45) is 17.3 Å². The monoisotopic (exact) mass is 521 g/mol. The third-order valence-corrected chi connectivity index (χ3v) is 5.97. The molecule has 11 heteroatoms. The number of hydrogen-bond donors (Lipinski definition) is 3. The predicted octanol–water partition coefficient (Wildman–Crippen LogP) is 6.03. The molecule has 2 rings (SSSR count). The second-order valence-corrected chi connectivity index (χ2v) is 11.0. The summed E-state index contributed by atoms with van der Waals surface area (Å²) in [6.45, 7) is 3.85. The first-order chi connectivity index (χ1) is 12.8. The van der Waals surface area contributed by atoms with Gasteiger partial charge in [-0.2, -0.15) is 0 Å². The van der Waals surface area contributed by atoms with Crippen molar-refractivity contribution in [2.45, 2.75) is 23.8 Å². The lowest BCUT2D eigenvalue weighted by Crippen LogP contribution is -2.56. The summed E-state index contributed by atoms with van der Waals surface area (Å²) in [5, 5.41) is 8.97. The van der Waals surface area contributed by atoms with E-state index in [4.69, 9.17) is 81.8 Å². The van der Waals surface area contributed by atoms with Crippen LogP contribution in [0.2, 0.25) is 5.02 Å². The zero-order chi connectivity index (χ0) is 21.3. The Balaban J connectivity index is 2.06. The molecule has 1 saturated carbocycles. The van der Waals surface area contributed by atoms with Gasteiger partial charge in [0.05, 0.1) is 16.6 Å². The van der Waals surface area contributed by atoms with Gasteiger partial charge in [0.1, 0.15) is 10.7 Å². The molecule has 1 aliphatic rings. The molecule has 4 nitrogen and oxygen atoms in total. The first-order valence-electron chi connectivity index (χ1n) is 8.06. The number of benzene rings is 1. The maximum Gasteiger partial charge on any atom is 0.228 e. The first kappa shape index (κ1) is 24.1. The van der Waals surface area contributed by atoms with Gasteiger partial charge in [-0.3, -0.25) is 4.79 Å². The Hall–Kier alpha value is -0.140. The molecule has 1 aromatic rings. The predicted molar refractivity (Wildman–Crippen MR) is 124 cm³/mol. The quantitative estimate of drug-likeness (QED) is 0.250. The van der Waals surface area contributed by atoms with Gasteiger partial charge in [0.25, 0.3) is 0 Å². The molecule has 0 bridgehead atoms. The van der Waals surface area contributed by atoms with Crippen LogP contribution in [0, 0.1) is 17.3 Å². The normalized spacial score (nSPS) is 21.3. The van der Waals surface area contributed by atoms with Gasteiger partial charge in [0.15, 0.2) is 5.11 Å². The van der Waals surface area contributed by atoms with E-state index in [-0.39, 0.29) is 32.8 Å². The highest BCUT2D eigenvalue weighted by Crippen LogP contribution is 2.59. The molecule has 3 atom stereocenters. The molecule has 1 aromatic carbocycles. The summed E-state index contributed by atoms with van der Waals surface area (Å²) in [6.07, 6.45) is 0.550. The number of halogens is 6. The van der Waals surface area contributed by atoms with Gasteiger partial charge in [-0.05, 0) is 41.8 Å². The number of amides is 1. The lowest BCUT2D eigenvalue weighted by molar-refractivity contribution is -0.123. The Morgan fingerprint density at radius 3 is 2.36 bits per heavy atom. The number of allylic oxidation sites excluding steroid dienone is 1. The molecule has 1 amide bonds. The van der Waals surface area contributed by atoms with Gasteiger partial charge in [0, 0.05) is 0 Å². The van der Waals surface area contributed by atoms with Gasteiger partial charge in [0.2, 0.25) is 9.70 Å². The van der Waals surface area contributed by atoms with Gasteiger partial charge in [-0.25, -0.2) is 0 Å². The summed E-state index contributed by atoms with van der Waals surface area (Å²) >= 11 is 40.9. The molecule has 0 aliphatic heterocycles. The maximum absolute atomic E-state index is 12.7. The highest BCUT2D eigenvalue weighted by Gasteiger charge is 2.61. The zero-order valence-electron chi connectivity index (χ0n) is 14.7. The van der Waals surface area contributed by atoms with Crippen molar-refractivity contribution in [1.29, 1.82) is 0 Å². The summed E-state index contributed by atoms with van der Waals surface area (Å²) in [5.41, 5.74) is 0.245. The van der Waals surface area contributed by atoms with Crippen LogP contribution in [0.4, 0.5) is 5.69 Å². The number of anilines is 1. The molecular formula is C17H17Cl6N3OS. The summed E-state index contributed by atoms with van der Waals surface area (Å²) in [7, 11) is 0. The van der Waals surface area contributed by atoms with Crippen LogP contribution in [0.3, 0.4) is 0 Å². The Kier molecular flexibility index (Phi) is 8.05. The third-order valence-electron chi connectivity index (χ3n) is 4.51. The van der Waals surface area contributed by atoms with Crippen LogP contribution in [0.15, 0.2) is 34.8 Å². The number of para-hydroxylation sites is 1. The van der Waals surface area contributed by atoms with Crippen LogP contribution in [-0.2, 0) is 4.79 Å². The molecule has 28 heavy (non-hydrogen) atoms. The van der Waals surface area contributed by atoms with Crippen LogP contribution >= 0.6 is 81.8 Å². The van der Waals surface area contributed by atoms with Crippen molar-refractivity contribution in [1.82, 2.24) is 10.6 Å². The fourth-order valence-electron chi connectivity index (χ4n) is 2.91. The van der Waals surface area contributed by atoms with E-state index in [1.807, 2.05) is 13.8 Å². The van der Waals surface area contributed by atoms with Crippen molar-refractivity contribution in [3.63, 3.8) is 0 Å². The molecule has 0 unspecified atom stereocenters. The van der Waals surface area contributed by atoms with E-state index in [1.165, 1.54) is 0 Å². The van der Waals surface area contributed by atoms with E-state index < -0.39 is 9.96 Å². The van der Waals surface area contributed by atoms with E-state index in [9.17, 15) is 4.79 Å².